The SMILES string of the molecule is COC(=O)c1ccc2ccc(Cl)nc2c1. The van der Waals surface area contributed by atoms with Gasteiger partial charge in [0.1, 0.15) is 5.15 Å². The minimum Gasteiger partial charge on any atom is -0.465 e. The van der Waals surface area contributed by atoms with Gasteiger partial charge in [-0.25, -0.2) is 9.78 Å². The van der Waals surface area contributed by atoms with Crippen LogP contribution in [0.5, 0.6) is 0 Å². The Labute approximate surface area is 91.6 Å². The molecule has 0 N–H and O–H groups in total. The third-order valence-electron chi connectivity index (χ3n) is 2.08. The van der Waals surface area contributed by atoms with E-state index in [0.29, 0.717) is 16.2 Å². The molecule has 0 amide bonds. The number of fused-ring (bicyclic) bond motifs is 1. The van der Waals surface area contributed by atoms with E-state index in [9.17, 15) is 4.79 Å². The molecule has 1 aromatic carbocycles. The zero-order valence-electron chi connectivity index (χ0n) is 8.03. The highest BCUT2D eigenvalue weighted by Gasteiger charge is 2.06. The molecule has 0 radical (unpaired) electrons. The van der Waals surface area contributed by atoms with Crippen molar-refractivity contribution in [3.8, 4) is 0 Å². The Morgan fingerprint density at radius 2 is 2.07 bits per heavy atom. The molecule has 0 aliphatic carbocycles. The molecule has 0 atom stereocenters. The van der Waals surface area contributed by atoms with Crippen LogP contribution in [0.2, 0.25) is 5.15 Å². The molecule has 0 spiro atoms. The van der Waals surface area contributed by atoms with E-state index >= 15 is 0 Å². The van der Waals surface area contributed by atoms with Crippen LogP contribution in [-0.2, 0) is 4.74 Å². The van der Waals surface area contributed by atoms with Crippen molar-refractivity contribution in [1.82, 2.24) is 4.98 Å². The second kappa shape index (κ2) is 3.87. The lowest BCUT2D eigenvalue weighted by molar-refractivity contribution is 0.0601. The van der Waals surface area contributed by atoms with Crippen molar-refractivity contribution in [2.75, 3.05) is 7.11 Å². The van der Waals surface area contributed by atoms with Crippen LogP contribution in [0.4, 0.5) is 0 Å². The maximum Gasteiger partial charge on any atom is 0.337 e. The summed E-state index contributed by atoms with van der Waals surface area (Å²) in [7, 11) is 1.35. The van der Waals surface area contributed by atoms with E-state index in [1.54, 1.807) is 18.2 Å². The zero-order chi connectivity index (χ0) is 10.8. The van der Waals surface area contributed by atoms with E-state index in [4.69, 9.17) is 11.6 Å². The minimum absolute atomic E-state index is 0.376. The molecule has 76 valence electrons. The van der Waals surface area contributed by atoms with Crippen LogP contribution < -0.4 is 0 Å². The highest BCUT2D eigenvalue weighted by molar-refractivity contribution is 6.29. The number of hydrogen-bond donors (Lipinski definition) is 0. The molecule has 0 unspecified atom stereocenters. The Morgan fingerprint density at radius 3 is 2.80 bits per heavy atom. The van der Waals surface area contributed by atoms with Gasteiger partial charge in [0.25, 0.3) is 0 Å². The van der Waals surface area contributed by atoms with Gasteiger partial charge in [0.2, 0.25) is 0 Å². The van der Waals surface area contributed by atoms with Crippen LogP contribution in [0.3, 0.4) is 0 Å². The number of rotatable bonds is 1. The van der Waals surface area contributed by atoms with Crippen LogP contribution >= 0.6 is 11.6 Å². The number of aromatic nitrogens is 1. The summed E-state index contributed by atoms with van der Waals surface area (Å²) in [6, 6.07) is 8.73. The van der Waals surface area contributed by atoms with Crippen LogP contribution in [0.25, 0.3) is 10.9 Å². The maximum absolute atomic E-state index is 11.3. The second-order valence-electron chi connectivity index (χ2n) is 3.03. The Balaban J connectivity index is 2.59. The summed E-state index contributed by atoms with van der Waals surface area (Å²) in [6.45, 7) is 0. The Hall–Kier alpha value is -1.61. The highest BCUT2D eigenvalue weighted by Crippen LogP contribution is 2.17. The molecule has 0 saturated carbocycles. The number of ether oxygens (including phenoxy) is 1. The van der Waals surface area contributed by atoms with Gasteiger partial charge in [-0.05, 0) is 24.3 Å². The van der Waals surface area contributed by atoms with Crippen molar-refractivity contribution < 1.29 is 9.53 Å². The minimum atomic E-state index is -0.376. The van der Waals surface area contributed by atoms with Crippen molar-refractivity contribution >= 4 is 28.5 Å². The number of benzene rings is 1. The van der Waals surface area contributed by atoms with Crippen LogP contribution in [0.1, 0.15) is 10.4 Å². The summed E-state index contributed by atoms with van der Waals surface area (Å²) in [6.07, 6.45) is 0. The number of hydrogen-bond acceptors (Lipinski definition) is 3. The lowest BCUT2D eigenvalue weighted by Crippen LogP contribution is -2.00. The molecule has 1 aromatic heterocycles. The number of methoxy groups -OCH3 is 1. The highest BCUT2D eigenvalue weighted by atomic mass is 35.5. The fourth-order valence-corrected chi connectivity index (χ4v) is 1.49. The van der Waals surface area contributed by atoms with E-state index in [-0.39, 0.29) is 5.97 Å². The Morgan fingerprint density at radius 1 is 1.33 bits per heavy atom. The quantitative estimate of drug-likeness (QED) is 0.549. The predicted octanol–water partition coefficient (Wildman–Crippen LogP) is 2.67. The summed E-state index contributed by atoms with van der Waals surface area (Å²) in [4.78, 5) is 15.4. The van der Waals surface area contributed by atoms with Gasteiger partial charge in [0.05, 0.1) is 18.2 Å². The van der Waals surface area contributed by atoms with Gasteiger partial charge in [-0.1, -0.05) is 17.7 Å². The van der Waals surface area contributed by atoms with Gasteiger partial charge in [0, 0.05) is 5.39 Å². The molecule has 0 aliphatic heterocycles. The fourth-order valence-electron chi connectivity index (χ4n) is 1.34. The molecule has 2 aromatic rings. The first-order valence-corrected chi connectivity index (χ1v) is 4.73. The predicted molar refractivity (Wildman–Crippen MR) is 58.1 cm³/mol. The third kappa shape index (κ3) is 1.92. The normalized spacial score (nSPS) is 10.3. The molecule has 1 heterocycles. The lowest BCUT2D eigenvalue weighted by Gasteiger charge is -2.01. The van der Waals surface area contributed by atoms with Crippen LogP contribution in [0.15, 0.2) is 30.3 Å². The summed E-state index contributed by atoms with van der Waals surface area (Å²) < 4.78 is 4.62. The summed E-state index contributed by atoms with van der Waals surface area (Å²) >= 11 is 5.76. The third-order valence-corrected chi connectivity index (χ3v) is 2.29. The Bertz CT molecular complexity index is 525. The number of nitrogens with zero attached hydrogens (tertiary/aromatic N) is 1. The molecule has 15 heavy (non-hydrogen) atoms. The largest absolute Gasteiger partial charge is 0.465 e. The van der Waals surface area contributed by atoms with E-state index in [2.05, 4.69) is 9.72 Å². The Kier molecular flexibility index (Phi) is 2.56. The van der Waals surface area contributed by atoms with Crippen molar-refractivity contribution in [2.45, 2.75) is 0 Å². The van der Waals surface area contributed by atoms with E-state index in [1.807, 2.05) is 12.1 Å². The first-order chi connectivity index (χ1) is 7.20. The van der Waals surface area contributed by atoms with E-state index < -0.39 is 0 Å². The smallest absolute Gasteiger partial charge is 0.337 e. The number of carbonyl (C=O) groups excluding carboxylic acids is 1. The topological polar surface area (TPSA) is 39.2 Å². The van der Waals surface area contributed by atoms with Gasteiger partial charge in [-0.3, -0.25) is 0 Å². The molecule has 0 saturated heterocycles. The van der Waals surface area contributed by atoms with Gasteiger partial charge in [-0.2, -0.15) is 0 Å². The summed E-state index contributed by atoms with van der Waals surface area (Å²) in [5.41, 5.74) is 1.16. The first-order valence-electron chi connectivity index (χ1n) is 4.35. The van der Waals surface area contributed by atoms with Gasteiger partial charge in [0.15, 0.2) is 0 Å². The van der Waals surface area contributed by atoms with Gasteiger partial charge >= 0.3 is 5.97 Å². The second-order valence-corrected chi connectivity index (χ2v) is 3.42. The number of halogens is 1. The summed E-state index contributed by atoms with van der Waals surface area (Å²) in [5, 5.41) is 1.34. The van der Waals surface area contributed by atoms with Crippen molar-refractivity contribution in [1.29, 1.82) is 0 Å². The number of pyridine rings is 1. The molecule has 0 bridgehead atoms. The standard InChI is InChI=1S/C11H8ClNO2/c1-15-11(14)8-3-2-7-4-5-10(12)13-9(7)6-8/h2-6H,1H3. The average Bonchev–Trinajstić information content (AvgIpc) is 2.27. The molecule has 3 nitrogen and oxygen atoms in total. The molecule has 0 aliphatic rings. The first kappa shape index (κ1) is 9.93. The number of carbonyl (C=O) groups is 1. The zero-order valence-corrected chi connectivity index (χ0v) is 8.78. The van der Waals surface area contributed by atoms with E-state index in [1.165, 1.54) is 7.11 Å². The van der Waals surface area contributed by atoms with Crippen LogP contribution in [0, 0.1) is 0 Å². The molecule has 0 fully saturated rings. The molecular formula is C11H8ClNO2. The average molecular weight is 222 g/mol. The molecule has 4 heteroatoms. The fraction of sp³-hybridized carbons (Fsp3) is 0.0909. The van der Waals surface area contributed by atoms with Crippen LogP contribution in [-0.4, -0.2) is 18.1 Å². The van der Waals surface area contributed by atoms with Gasteiger partial charge < -0.3 is 4.74 Å². The van der Waals surface area contributed by atoms with Crippen molar-refractivity contribution in [3.63, 3.8) is 0 Å². The van der Waals surface area contributed by atoms with Crippen molar-refractivity contribution in [2.24, 2.45) is 0 Å². The number of esters is 1. The lowest BCUT2D eigenvalue weighted by atomic mass is 10.1. The molecular weight excluding hydrogens is 214 g/mol. The van der Waals surface area contributed by atoms with E-state index in [0.717, 1.165) is 5.39 Å². The van der Waals surface area contributed by atoms with Gasteiger partial charge in [-0.15, -0.1) is 0 Å². The molecule has 2 rings (SSSR count). The summed E-state index contributed by atoms with van der Waals surface area (Å²) in [5.74, 6) is -0.376. The maximum atomic E-state index is 11.3. The monoisotopic (exact) mass is 221 g/mol. The van der Waals surface area contributed by atoms with Crippen molar-refractivity contribution in [3.05, 3.63) is 41.0 Å².